The SMILES string of the molecule is C/C(F)=C(\F)c1ccc(OPI)cc1.CC. The van der Waals surface area contributed by atoms with Gasteiger partial charge in [0.1, 0.15) is 18.0 Å². The first-order valence-corrected chi connectivity index (χ1v) is 8.82. The van der Waals surface area contributed by atoms with Gasteiger partial charge in [-0.05, 0) is 53.2 Å². The van der Waals surface area contributed by atoms with Crippen LogP contribution in [0.5, 0.6) is 5.75 Å². The summed E-state index contributed by atoms with van der Waals surface area (Å²) in [4.78, 5) is 0. The summed E-state index contributed by atoms with van der Waals surface area (Å²) in [5.74, 6) is -0.978. The molecule has 0 radical (unpaired) electrons. The Labute approximate surface area is 110 Å². The van der Waals surface area contributed by atoms with Crippen LogP contribution in [0.4, 0.5) is 8.78 Å². The van der Waals surface area contributed by atoms with E-state index in [1.165, 1.54) is 12.1 Å². The van der Waals surface area contributed by atoms with Crippen molar-refractivity contribution in [2.45, 2.75) is 20.8 Å². The van der Waals surface area contributed by atoms with Gasteiger partial charge in [-0.15, -0.1) is 0 Å². The Morgan fingerprint density at radius 2 is 1.69 bits per heavy atom. The summed E-state index contributed by atoms with van der Waals surface area (Å²) in [6, 6.07) is 6.21. The summed E-state index contributed by atoms with van der Waals surface area (Å²) in [6.07, 6.45) is 0. The van der Waals surface area contributed by atoms with Gasteiger partial charge in [-0.1, -0.05) is 13.8 Å². The molecule has 1 unspecified atom stereocenters. The zero-order valence-corrected chi connectivity index (χ0v) is 12.5. The van der Waals surface area contributed by atoms with Gasteiger partial charge in [-0.2, -0.15) is 0 Å². The molecular formula is C11H14F2IOP. The smallest absolute Gasteiger partial charge is 0.161 e. The number of halogens is 3. The van der Waals surface area contributed by atoms with Crippen molar-refractivity contribution in [2.75, 3.05) is 0 Å². The van der Waals surface area contributed by atoms with E-state index in [1.54, 1.807) is 12.1 Å². The van der Waals surface area contributed by atoms with E-state index < -0.39 is 11.7 Å². The molecule has 1 aromatic carbocycles. The van der Waals surface area contributed by atoms with E-state index in [0.717, 1.165) is 6.92 Å². The summed E-state index contributed by atoms with van der Waals surface area (Å²) in [5, 5.41) is 0. The molecule has 0 aromatic heterocycles. The third-order valence-corrected chi connectivity index (χ3v) is 2.54. The number of allylic oxidation sites excluding steroid dienone is 1. The molecule has 0 heterocycles. The van der Waals surface area contributed by atoms with Gasteiger partial charge in [0.15, 0.2) is 5.83 Å². The largest absolute Gasteiger partial charge is 0.467 e. The molecule has 0 N–H and O–H groups in total. The molecule has 0 aliphatic heterocycles. The van der Waals surface area contributed by atoms with E-state index in [-0.39, 0.29) is 5.56 Å². The first-order valence-electron chi connectivity index (χ1n) is 4.80. The van der Waals surface area contributed by atoms with Gasteiger partial charge in [0.2, 0.25) is 0 Å². The standard InChI is InChI=1S/C9H8F2IOP.C2H6/c1-6(10)9(11)7-2-4-8(5-3-7)13-14-12;1-2/h2-5,14H,1H3;1-2H3/b9-6+;. The lowest BCUT2D eigenvalue weighted by Crippen LogP contribution is -1.81. The van der Waals surface area contributed by atoms with E-state index in [9.17, 15) is 8.78 Å². The van der Waals surface area contributed by atoms with Gasteiger partial charge >= 0.3 is 0 Å². The van der Waals surface area contributed by atoms with Crippen LogP contribution < -0.4 is 4.52 Å². The highest BCUT2D eigenvalue weighted by Crippen LogP contribution is 2.28. The van der Waals surface area contributed by atoms with Crippen molar-refractivity contribution in [3.63, 3.8) is 0 Å². The molecule has 1 atom stereocenters. The molecule has 0 aliphatic carbocycles. The summed E-state index contributed by atoms with van der Waals surface area (Å²) in [5.41, 5.74) is 0.231. The van der Waals surface area contributed by atoms with Crippen LogP contribution in [-0.4, -0.2) is 0 Å². The lowest BCUT2D eigenvalue weighted by Gasteiger charge is -2.02. The van der Waals surface area contributed by atoms with Crippen LogP contribution in [0, 0.1) is 0 Å². The Bertz CT molecular complexity index is 334. The zero-order valence-electron chi connectivity index (χ0n) is 9.35. The van der Waals surface area contributed by atoms with E-state index >= 15 is 0 Å². The number of benzene rings is 1. The van der Waals surface area contributed by atoms with Gasteiger partial charge in [0, 0.05) is 5.56 Å². The first-order chi connectivity index (χ1) is 7.65. The Morgan fingerprint density at radius 3 is 2.06 bits per heavy atom. The van der Waals surface area contributed by atoms with Crippen LogP contribution >= 0.6 is 28.5 Å². The maximum Gasteiger partial charge on any atom is 0.161 e. The van der Waals surface area contributed by atoms with Crippen LogP contribution in [0.3, 0.4) is 0 Å². The summed E-state index contributed by atoms with van der Waals surface area (Å²) in [6.45, 7) is 5.40. The Hall–Kier alpha value is -0.220. The van der Waals surface area contributed by atoms with Crippen LogP contribution in [0.15, 0.2) is 30.1 Å². The van der Waals surface area contributed by atoms with Crippen molar-refractivity contribution in [3.05, 3.63) is 35.7 Å². The molecule has 5 heteroatoms. The lowest BCUT2D eigenvalue weighted by atomic mass is 10.2. The maximum absolute atomic E-state index is 13.0. The molecular weight excluding hydrogens is 344 g/mol. The van der Waals surface area contributed by atoms with E-state index in [2.05, 4.69) is 22.0 Å². The molecule has 0 bridgehead atoms. The fourth-order valence-corrected chi connectivity index (χ4v) is 1.90. The van der Waals surface area contributed by atoms with Crippen LogP contribution in [0.1, 0.15) is 26.3 Å². The van der Waals surface area contributed by atoms with Crippen molar-refractivity contribution in [1.82, 2.24) is 0 Å². The van der Waals surface area contributed by atoms with Gasteiger partial charge in [0.25, 0.3) is 0 Å². The van der Waals surface area contributed by atoms with Crippen molar-refractivity contribution in [3.8, 4) is 5.75 Å². The minimum atomic E-state index is -0.825. The van der Waals surface area contributed by atoms with Crippen molar-refractivity contribution in [2.24, 2.45) is 0 Å². The molecule has 0 spiro atoms. The van der Waals surface area contributed by atoms with E-state index in [1.807, 2.05) is 13.8 Å². The molecule has 0 fully saturated rings. The predicted octanol–water partition coefficient (Wildman–Crippen LogP) is 5.66. The fraction of sp³-hybridized carbons (Fsp3) is 0.273. The van der Waals surface area contributed by atoms with Crippen molar-refractivity contribution < 1.29 is 13.3 Å². The second-order valence-electron chi connectivity index (χ2n) is 2.55. The van der Waals surface area contributed by atoms with Gasteiger partial charge in [-0.3, -0.25) is 0 Å². The Balaban J connectivity index is 0.00000106. The normalized spacial score (nSPS) is 11.9. The molecule has 0 aliphatic rings. The van der Waals surface area contributed by atoms with E-state index in [0.29, 0.717) is 12.2 Å². The Morgan fingerprint density at radius 1 is 1.19 bits per heavy atom. The molecule has 0 saturated heterocycles. The van der Waals surface area contributed by atoms with Gasteiger partial charge in [0.05, 0.1) is 0 Å². The summed E-state index contributed by atoms with van der Waals surface area (Å²) >= 11 is 2.09. The zero-order chi connectivity index (χ0) is 12.6. The summed E-state index contributed by atoms with van der Waals surface area (Å²) in [7, 11) is 0. The number of rotatable bonds is 3. The highest BCUT2D eigenvalue weighted by Gasteiger charge is 2.04. The topological polar surface area (TPSA) is 9.23 Å². The molecule has 90 valence electrons. The Kier molecular flexibility index (Phi) is 8.76. The van der Waals surface area contributed by atoms with Gasteiger partial charge in [-0.25, -0.2) is 8.78 Å². The monoisotopic (exact) mass is 358 g/mol. The predicted molar refractivity (Wildman–Crippen MR) is 75.6 cm³/mol. The quantitative estimate of drug-likeness (QED) is 0.500. The van der Waals surface area contributed by atoms with Gasteiger partial charge < -0.3 is 4.52 Å². The average molecular weight is 358 g/mol. The highest BCUT2D eigenvalue weighted by molar-refractivity contribution is 14.2. The van der Waals surface area contributed by atoms with Crippen molar-refractivity contribution in [1.29, 1.82) is 0 Å². The van der Waals surface area contributed by atoms with Crippen LogP contribution in [0.25, 0.3) is 5.83 Å². The number of hydrogen-bond acceptors (Lipinski definition) is 1. The third kappa shape index (κ3) is 5.21. The molecule has 0 saturated carbocycles. The number of hydrogen-bond donors (Lipinski definition) is 0. The molecule has 1 rings (SSSR count). The molecule has 1 nitrogen and oxygen atoms in total. The average Bonchev–Trinajstić information content (AvgIpc) is 2.32. The van der Waals surface area contributed by atoms with Crippen LogP contribution in [0.2, 0.25) is 0 Å². The summed E-state index contributed by atoms with van der Waals surface area (Å²) < 4.78 is 30.7. The molecule has 0 amide bonds. The van der Waals surface area contributed by atoms with Crippen LogP contribution in [-0.2, 0) is 0 Å². The highest BCUT2D eigenvalue weighted by atomic mass is 127. The third-order valence-electron chi connectivity index (χ3n) is 1.57. The fourth-order valence-electron chi connectivity index (χ4n) is 0.913. The minimum Gasteiger partial charge on any atom is -0.467 e. The first kappa shape index (κ1) is 15.8. The minimum absolute atomic E-state index is 0.231. The van der Waals surface area contributed by atoms with E-state index in [4.69, 9.17) is 4.52 Å². The van der Waals surface area contributed by atoms with Crippen molar-refractivity contribution >= 4 is 34.3 Å². The maximum atomic E-state index is 13.0. The molecule has 1 aromatic rings. The molecule has 16 heavy (non-hydrogen) atoms. The lowest BCUT2D eigenvalue weighted by molar-refractivity contribution is 0.605. The second-order valence-corrected chi connectivity index (χ2v) is 4.23. The second kappa shape index (κ2) is 8.88.